The number of nitrogens with zero attached hydrogens (tertiary/aromatic N) is 1. The number of aromatic nitrogens is 1. The number of benzene rings is 1. The van der Waals surface area contributed by atoms with Crippen molar-refractivity contribution in [1.82, 2.24) is 4.98 Å². The molecule has 5 nitrogen and oxygen atoms in total. The van der Waals surface area contributed by atoms with Gasteiger partial charge in [-0.25, -0.2) is 4.98 Å². The first kappa shape index (κ1) is 13.2. The second-order valence-corrected chi connectivity index (χ2v) is 4.48. The Morgan fingerprint density at radius 3 is 2.79 bits per heavy atom. The van der Waals surface area contributed by atoms with Crippen molar-refractivity contribution in [3.05, 3.63) is 46.6 Å². The highest BCUT2D eigenvalue weighted by atomic mass is 35.5. The number of pyridine rings is 1. The van der Waals surface area contributed by atoms with Gasteiger partial charge in [0.25, 0.3) is 5.91 Å². The number of carbonyl (C=O) groups excluding carboxylic acids is 1. The van der Waals surface area contributed by atoms with Crippen LogP contribution in [-0.2, 0) is 0 Å². The number of rotatable bonds is 2. The van der Waals surface area contributed by atoms with Gasteiger partial charge in [-0.3, -0.25) is 4.79 Å². The van der Waals surface area contributed by atoms with Gasteiger partial charge in [-0.1, -0.05) is 11.6 Å². The first-order valence-electron chi connectivity index (χ1n) is 5.49. The minimum absolute atomic E-state index is 0.0543. The molecule has 1 heterocycles. The van der Waals surface area contributed by atoms with E-state index in [4.69, 9.17) is 17.3 Å². The number of phenolic OH excluding ortho intramolecular Hbond substituents is 1. The Hall–Kier alpha value is -2.27. The van der Waals surface area contributed by atoms with Crippen LogP contribution in [-0.4, -0.2) is 16.0 Å². The Bertz CT molecular complexity index is 627. The topological polar surface area (TPSA) is 88.2 Å². The van der Waals surface area contributed by atoms with E-state index in [0.717, 1.165) is 0 Å². The van der Waals surface area contributed by atoms with E-state index in [1.54, 1.807) is 19.1 Å². The number of anilines is 2. The molecule has 1 aromatic carbocycles. The molecule has 1 amide bonds. The van der Waals surface area contributed by atoms with Crippen molar-refractivity contribution in [1.29, 1.82) is 0 Å². The third-order valence-corrected chi connectivity index (χ3v) is 2.81. The Balaban J connectivity index is 2.25. The molecule has 2 aromatic rings. The number of nitrogens with two attached hydrogens (primary N) is 1. The van der Waals surface area contributed by atoms with Gasteiger partial charge in [0, 0.05) is 18.0 Å². The summed E-state index contributed by atoms with van der Waals surface area (Å²) in [5.74, 6) is 0.0358. The summed E-state index contributed by atoms with van der Waals surface area (Å²) in [5, 5.41) is 12.6. The Labute approximate surface area is 115 Å². The molecule has 6 heteroatoms. The highest BCUT2D eigenvalue weighted by Crippen LogP contribution is 2.24. The summed E-state index contributed by atoms with van der Waals surface area (Å²) in [6, 6.07) is 6.08. The maximum absolute atomic E-state index is 12.0. The van der Waals surface area contributed by atoms with E-state index in [2.05, 4.69) is 10.3 Å². The number of nitrogen functional groups attached to an aromatic ring is 1. The Morgan fingerprint density at radius 1 is 1.42 bits per heavy atom. The molecule has 0 saturated heterocycles. The zero-order valence-corrected chi connectivity index (χ0v) is 10.9. The first-order valence-corrected chi connectivity index (χ1v) is 5.87. The summed E-state index contributed by atoms with van der Waals surface area (Å²) in [5.41, 5.74) is 6.77. The summed E-state index contributed by atoms with van der Waals surface area (Å²) in [4.78, 5) is 16.0. The zero-order chi connectivity index (χ0) is 14.0. The average Bonchev–Trinajstić information content (AvgIpc) is 2.36. The average molecular weight is 278 g/mol. The van der Waals surface area contributed by atoms with E-state index >= 15 is 0 Å². The molecule has 0 bridgehead atoms. The van der Waals surface area contributed by atoms with Gasteiger partial charge in [-0.15, -0.1) is 0 Å². The highest BCUT2D eigenvalue weighted by molar-refractivity contribution is 6.30. The molecule has 0 aliphatic heterocycles. The lowest BCUT2D eigenvalue weighted by atomic mass is 10.1. The fraction of sp³-hybridized carbons (Fsp3) is 0.0769. The number of aromatic hydroxyl groups is 1. The van der Waals surface area contributed by atoms with Gasteiger partial charge in [0.05, 0.1) is 10.6 Å². The van der Waals surface area contributed by atoms with E-state index < -0.39 is 5.91 Å². The standard InChI is InChI=1S/C13H12ClN3O2/c1-7-4-9(10(15)5-11(7)18)13(19)17-12-3-2-8(14)6-16-12/h2-6,18H,15H2,1H3,(H,16,17,19). The predicted molar refractivity (Wildman–Crippen MR) is 74.5 cm³/mol. The molecule has 0 saturated carbocycles. The second kappa shape index (κ2) is 5.16. The largest absolute Gasteiger partial charge is 0.508 e. The first-order chi connectivity index (χ1) is 8.97. The SMILES string of the molecule is Cc1cc(C(=O)Nc2ccc(Cl)cn2)c(N)cc1O. The number of hydrogen-bond donors (Lipinski definition) is 3. The normalized spacial score (nSPS) is 10.2. The lowest BCUT2D eigenvalue weighted by molar-refractivity contribution is 0.102. The molecule has 1 aromatic heterocycles. The quantitative estimate of drug-likeness (QED) is 0.736. The smallest absolute Gasteiger partial charge is 0.258 e. The number of halogens is 1. The molecular weight excluding hydrogens is 266 g/mol. The van der Waals surface area contributed by atoms with Gasteiger partial charge in [0.15, 0.2) is 0 Å². The van der Waals surface area contributed by atoms with E-state index in [-0.39, 0.29) is 17.0 Å². The summed E-state index contributed by atoms with van der Waals surface area (Å²) < 4.78 is 0. The summed E-state index contributed by atoms with van der Waals surface area (Å²) in [6.45, 7) is 1.69. The second-order valence-electron chi connectivity index (χ2n) is 4.04. The minimum Gasteiger partial charge on any atom is -0.508 e. The van der Waals surface area contributed by atoms with E-state index in [1.807, 2.05) is 0 Å². The van der Waals surface area contributed by atoms with Crippen LogP contribution in [0.1, 0.15) is 15.9 Å². The highest BCUT2D eigenvalue weighted by Gasteiger charge is 2.12. The number of amides is 1. The van der Waals surface area contributed by atoms with Crippen LogP contribution in [0.15, 0.2) is 30.5 Å². The molecule has 0 aliphatic carbocycles. The van der Waals surface area contributed by atoms with Crippen LogP contribution >= 0.6 is 11.6 Å². The molecule has 0 fully saturated rings. The maximum atomic E-state index is 12.0. The molecule has 98 valence electrons. The Kier molecular flexibility index (Phi) is 3.57. The summed E-state index contributed by atoms with van der Waals surface area (Å²) in [7, 11) is 0. The molecule has 2 rings (SSSR count). The van der Waals surface area contributed by atoms with Crippen LogP contribution in [0, 0.1) is 6.92 Å². The van der Waals surface area contributed by atoms with Gasteiger partial charge in [-0.2, -0.15) is 0 Å². The number of hydrogen-bond acceptors (Lipinski definition) is 4. The van der Waals surface area contributed by atoms with E-state index in [1.165, 1.54) is 18.3 Å². The lowest BCUT2D eigenvalue weighted by Gasteiger charge is -2.09. The number of phenols is 1. The molecule has 0 radical (unpaired) electrons. The summed E-state index contributed by atoms with van der Waals surface area (Å²) in [6.07, 6.45) is 1.43. The Morgan fingerprint density at radius 2 is 2.16 bits per heavy atom. The van der Waals surface area contributed by atoms with E-state index in [0.29, 0.717) is 16.4 Å². The van der Waals surface area contributed by atoms with E-state index in [9.17, 15) is 9.90 Å². The molecule has 0 atom stereocenters. The van der Waals surface area contributed by atoms with Crippen LogP contribution < -0.4 is 11.1 Å². The maximum Gasteiger partial charge on any atom is 0.258 e. The van der Waals surface area contributed by atoms with Crippen LogP contribution in [0.3, 0.4) is 0 Å². The number of nitrogens with one attached hydrogen (secondary N) is 1. The number of carbonyl (C=O) groups is 1. The van der Waals surface area contributed by atoms with Crippen LogP contribution in [0.25, 0.3) is 0 Å². The van der Waals surface area contributed by atoms with Crippen molar-refractivity contribution < 1.29 is 9.90 Å². The molecule has 0 spiro atoms. The molecular formula is C13H12ClN3O2. The van der Waals surface area contributed by atoms with Gasteiger partial charge < -0.3 is 16.2 Å². The minimum atomic E-state index is -0.393. The molecule has 4 N–H and O–H groups in total. The van der Waals surface area contributed by atoms with Crippen LogP contribution in [0.2, 0.25) is 5.02 Å². The zero-order valence-electron chi connectivity index (χ0n) is 10.1. The molecule has 0 aliphatic rings. The van der Waals surface area contributed by atoms with Gasteiger partial charge in [0.2, 0.25) is 0 Å². The fourth-order valence-corrected chi connectivity index (χ4v) is 1.65. The third-order valence-electron chi connectivity index (χ3n) is 2.58. The monoisotopic (exact) mass is 277 g/mol. The van der Waals surface area contributed by atoms with Gasteiger partial charge >= 0.3 is 0 Å². The summed E-state index contributed by atoms with van der Waals surface area (Å²) >= 11 is 5.71. The molecule has 19 heavy (non-hydrogen) atoms. The van der Waals surface area contributed by atoms with Crippen molar-refractivity contribution in [2.45, 2.75) is 6.92 Å². The van der Waals surface area contributed by atoms with Crippen LogP contribution in [0.4, 0.5) is 11.5 Å². The van der Waals surface area contributed by atoms with Gasteiger partial charge in [-0.05, 0) is 30.7 Å². The lowest BCUT2D eigenvalue weighted by Crippen LogP contribution is -2.15. The number of aryl methyl sites for hydroxylation is 1. The predicted octanol–water partition coefficient (Wildman–Crippen LogP) is 2.58. The van der Waals surface area contributed by atoms with Gasteiger partial charge in [0.1, 0.15) is 11.6 Å². The van der Waals surface area contributed by atoms with Crippen LogP contribution in [0.5, 0.6) is 5.75 Å². The van der Waals surface area contributed by atoms with Crippen molar-refractivity contribution in [2.24, 2.45) is 0 Å². The van der Waals surface area contributed by atoms with Crippen molar-refractivity contribution in [2.75, 3.05) is 11.1 Å². The third kappa shape index (κ3) is 2.95. The van der Waals surface area contributed by atoms with Crippen molar-refractivity contribution in [3.8, 4) is 5.75 Å². The van der Waals surface area contributed by atoms with Crippen molar-refractivity contribution >= 4 is 29.0 Å². The fourth-order valence-electron chi connectivity index (χ4n) is 1.54. The molecule has 0 unspecified atom stereocenters. The van der Waals surface area contributed by atoms with Crippen molar-refractivity contribution in [3.63, 3.8) is 0 Å².